The summed E-state index contributed by atoms with van der Waals surface area (Å²) in [6, 6.07) is 0.779. The van der Waals surface area contributed by atoms with Crippen LogP contribution >= 0.6 is 0 Å². The predicted octanol–water partition coefficient (Wildman–Crippen LogP) is 0.293. The minimum atomic E-state index is 0.334. The first-order valence-electron chi connectivity index (χ1n) is 6.54. The fourth-order valence-corrected chi connectivity index (χ4v) is 2.35. The molecule has 1 heterocycles. The second-order valence-electron chi connectivity index (χ2n) is 4.74. The van der Waals surface area contributed by atoms with E-state index in [9.17, 15) is 4.79 Å². The zero-order valence-electron chi connectivity index (χ0n) is 10.2. The van der Waals surface area contributed by atoms with Crippen molar-refractivity contribution >= 4 is 5.91 Å². The monoisotopic (exact) mass is 225 g/mol. The van der Waals surface area contributed by atoms with Crippen LogP contribution in [-0.4, -0.2) is 61.0 Å². The van der Waals surface area contributed by atoms with Crippen molar-refractivity contribution in [2.75, 3.05) is 39.3 Å². The number of carbonyl (C=O) groups excluding carboxylic acids is 1. The van der Waals surface area contributed by atoms with E-state index in [0.29, 0.717) is 12.3 Å². The molecule has 0 unspecified atom stereocenters. The Labute approximate surface area is 98.0 Å². The van der Waals surface area contributed by atoms with Gasteiger partial charge in [-0.2, -0.15) is 0 Å². The number of piperazine rings is 1. The molecule has 0 radical (unpaired) electrons. The van der Waals surface area contributed by atoms with Crippen LogP contribution in [0.2, 0.25) is 0 Å². The Morgan fingerprint density at radius 2 is 2.06 bits per heavy atom. The van der Waals surface area contributed by atoms with Crippen molar-refractivity contribution in [1.29, 1.82) is 0 Å². The minimum absolute atomic E-state index is 0.334. The molecule has 0 aromatic carbocycles. The van der Waals surface area contributed by atoms with Crippen LogP contribution < -0.4 is 5.32 Å². The average molecular weight is 225 g/mol. The lowest BCUT2D eigenvalue weighted by Crippen LogP contribution is -2.47. The van der Waals surface area contributed by atoms with Crippen molar-refractivity contribution < 1.29 is 4.79 Å². The van der Waals surface area contributed by atoms with Crippen molar-refractivity contribution in [2.24, 2.45) is 0 Å². The Morgan fingerprint density at radius 3 is 2.62 bits per heavy atom. The smallest absolute Gasteiger partial charge is 0.223 e. The van der Waals surface area contributed by atoms with Crippen molar-refractivity contribution in [1.82, 2.24) is 15.1 Å². The van der Waals surface area contributed by atoms with Crippen LogP contribution in [-0.2, 0) is 4.79 Å². The van der Waals surface area contributed by atoms with E-state index in [2.05, 4.69) is 17.1 Å². The average Bonchev–Trinajstić information content (AvgIpc) is 3.15. The standard InChI is InChI=1S/C12H23N3O/c1-2-14(11-3-4-11)8-5-12(16)15-9-6-13-7-10-15/h11,13H,2-10H2,1H3. The fourth-order valence-electron chi connectivity index (χ4n) is 2.35. The van der Waals surface area contributed by atoms with Gasteiger partial charge in [-0.05, 0) is 19.4 Å². The Morgan fingerprint density at radius 1 is 1.38 bits per heavy atom. The zero-order chi connectivity index (χ0) is 11.4. The third-order valence-corrected chi connectivity index (χ3v) is 3.55. The second kappa shape index (κ2) is 5.64. The molecule has 2 fully saturated rings. The number of rotatable bonds is 5. The molecule has 0 atom stereocenters. The Balaban J connectivity index is 1.69. The molecule has 2 aliphatic rings. The molecule has 16 heavy (non-hydrogen) atoms. The summed E-state index contributed by atoms with van der Waals surface area (Å²) >= 11 is 0. The molecule has 0 spiro atoms. The maximum absolute atomic E-state index is 11.9. The molecule has 1 aliphatic heterocycles. The molecule has 1 saturated heterocycles. The van der Waals surface area contributed by atoms with Crippen molar-refractivity contribution in [2.45, 2.75) is 32.2 Å². The van der Waals surface area contributed by atoms with Crippen LogP contribution in [0.4, 0.5) is 0 Å². The highest BCUT2D eigenvalue weighted by atomic mass is 16.2. The highest BCUT2D eigenvalue weighted by molar-refractivity contribution is 5.76. The number of amides is 1. The van der Waals surface area contributed by atoms with Gasteiger partial charge in [0.2, 0.25) is 5.91 Å². The van der Waals surface area contributed by atoms with Crippen LogP contribution in [0.5, 0.6) is 0 Å². The molecule has 4 nitrogen and oxygen atoms in total. The van der Waals surface area contributed by atoms with Crippen LogP contribution in [0, 0.1) is 0 Å². The van der Waals surface area contributed by atoms with E-state index >= 15 is 0 Å². The summed E-state index contributed by atoms with van der Waals surface area (Å²) < 4.78 is 0. The first-order chi connectivity index (χ1) is 7.81. The molecule has 2 rings (SSSR count). The summed E-state index contributed by atoms with van der Waals surface area (Å²) in [5.41, 5.74) is 0. The topological polar surface area (TPSA) is 35.6 Å². The van der Waals surface area contributed by atoms with Crippen LogP contribution in [0.25, 0.3) is 0 Å². The molecule has 0 aromatic rings. The van der Waals surface area contributed by atoms with E-state index in [-0.39, 0.29) is 0 Å². The summed E-state index contributed by atoms with van der Waals surface area (Å²) in [5, 5.41) is 3.27. The molecule has 4 heteroatoms. The number of hydrogen-bond donors (Lipinski definition) is 1. The van der Waals surface area contributed by atoms with Gasteiger partial charge in [-0.25, -0.2) is 0 Å². The molecule has 1 aliphatic carbocycles. The summed E-state index contributed by atoms with van der Waals surface area (Å²) in [5.74, 6) is 0.334. The van der Waals surface area contributed by atoms with Crippen molar-refractivity contribution in [3.8, 4) is 0 Å². The van der Waals surface area contributed by atoms with Crippen LogP contribution in [0.1, 0.15) is 26.2 Å². The Bertz CT molecular complexity index is 234. The van der Waals surface area contributed by atoms with E-state index in [1.54, 1.807) is 0 Å². The lowest BCUT2D eigenvalue weighted by molar-refractivity contribution is -0.132. The van der Waals surface area contributed by atoms with Gasteiger partial charge < -0.3 is 15.1 Å². The fraction of sp³-hybridized carbons (Fsp3) is 0.917. The molecule has 1 saturated carbocycles. The second-order valence-corrected chi connectivity index (χ2v) is 4.74. The first-order valence-corrected chi connectivity index (χ1v) is 6.54. The van der Waals surface area contributed by atoms with Crippen molar-refractivity contribution in [3.05, 3.63) is 0 Å². The van der Waals surface area contributed by atoms with Crippen molar-refractivity contribution in [3.63, 3.8) is 0 Å². The molecular weight excluding hydrogens is 202 g/mol. The van der Waals surface area contributed by atoms with Gasteiger partial charge in [-0.1, -0.05) is 6.92 Å². The molecule has 1 N–H and O–H groups in total. The number of nitrogens with zero attached hydrogens (tertiary/aromatic N) is 2. The third-order valence-electron chi connectivity index (χ3n) is 3.55. The van der Waals surface area contributed by atoms with E-state index in [1.165, 1.54) is 12.8 Å². The molecule has 92 valence electrons. The maximum atomic E-state index is 11.9. The number of hydrogen-bond acceptors (Lipinski definition) is 3. The quantitative estimate of drug-likeness (QED) is 0.730. The van der Waals surface area contributed by atoms with E-state index < -0.39 is 0 Å². The first kappa shape index (κ1) is 11.9. The molecule has 0 aromatic heterocycles. The van der Waals surface area contributed by atoms with Gasteiger partial charge in [-0.3, -0.25) is 4.79 Å². The van der Waals surface area contributed by atoms with E-state index in [0.717, 1.165) is 45.3 Å². The Kier molecular flexibility index (Phi) is 4.18. The lowest BCUT2D eigenvalue weighted by atomic mass is 10.3. The summed E-state index contributed by atoms with van der Waals surface area (Å²) in [4.78, 5) is 16.4. The van der Waals surface area contributed by atoms with Gasteiger partial charge in [0.15, 0.2) is 0 Å². The van der Waals surface area contributed by atoms with E-state index in [1.807, 2.05) is 4.90 Å². The van der Waals surface area contributed by atoms with Gasteiger partial charge in [0.1, 0.15) is 0 Å². The maximum Gasteiger partial charge on any atom is 0.223 e. The molecular formula is C12H23N3O. The van der Waals surface area contributed by atoms with Gasteiger partial charge in [0.05, 0.1) is 0 Å². The highest BCUT2D eigenvalue weighted by Crippen LogP contribution is 2.26. The summed E-state index contributed by atoms with van der Waals surface area (Å²) in [6.45, 7) is 7.89. The van der Waals surface area contributed by atoms with Crippen LogP contribution in [0.3, 0.4) is 0 Å². The van der Waals surface area contributed by atoms with E-state index in [4.69, 9.17) is 0 Å². The largest absolute Gasteiger partial charge is 0.340 e. The molecule has 1 amide bonds. The summed E-state index contributed by atoms with van der Waals surface area (Å²) in [7, 11) is 0. The van der Waals surface area contributed by atoms with Gasteiger partial charge in [0.25, 0.3) is 0 Å². The lowest BCUT2D eigenvalue weighted by Gasteiger charge is -2.28. The predicted molar refractivity (Wildman–Crippen MR) is 64.3 cm³/mol. The minimum Gasteiger partial charge on any atom is -0.340 e. The van der Waals surface area contributed by atoms with Gasteiger partial charge >= 0.3 is 0 Å². The van der Waals surface area contributed by atoms with Crippen LogP contribution in [0.15, 0.2) is 0 Å². The third kappa shape index (κ3) is 3.19. The van der Waals surface area contributed by atoms with Gasteiger partial charge in [-0.15, -0.1) is 0 Å². The van der Waals surface area contributed by atoms with Gasteiger partial charge in [0, 0.05) is 45.2 Å². The zero-order valence-corrected chi connectivity index (χ0v) is 10.2. The summed E-state index contributed by atoms with van der Waals surface area (Å²) in [6.07, 6.45) is 3.36. The Hall–Kier alpha value is -0.610. The molecule has 0 bridgehead atoms. The number of nitrogens with one attached hydrogen (secondary N) is 1. The number of carbonyl (C=O) groups is 1. The normalized spacial score (nSPS) is 21.5. The highest BCUT2D eigenvalue weighted by Gasteiger charge is 2.28. The SMILES string of the molecule is CCN(CCC(=O)N1CCNCC1)C1CC1.